The smallest absolute Gasteiger partial charge is 0.100 e. The van der Waals surface area contributed by atoms with Crippen LogP contribution in [-0.4, -0.2) is 0 Å². The van der Waals surface area contributed by atoms with Crippen molar-refractivity contribution in [2.24, 2.45) is 0 Å². The van der Waals surface area contributed by atoms with Crippen molar-refractivity contribution in [3.63, 3.8) is 0 Å². The molecule has 0 heterocycles. The van der Waals surface area contributed by atoms with Gasteiger partial charge in [-0.15, -0.1) is 0 Å². The number of aryl methyl sites for hydroxylation is 1. The number of hydrogen-bond acceptors (Lipinski definition) is 2. The van der Waals surface area contributed by atoms with Gasteiger partial charge < -0.3 is 0 Å². The van der Waals surface area contributed by atoms with E-state index in [0.29, 0.717) is 10.6 Å². The average Bonchev–Trinajstić information content (AvgIpc) is 2.41. The Balaban J connectivity index is 2.25. The van der Waals surface area contributed by atoms with Crippen LogP contribution in [0.25, 0.3) is 0 Å². The lowest BCUT2D eigenvalue weighted by Crippen LogP contribution is -1.83. The summed E-state index contributed by atoms with van der Waals surface area (Å²) in [5.41, 5.74) is 1.93. The molecule has 18 heavy (non-hydrogen) atoms. The van der Waals surface area contributed by atoms with Crippen LogP contribution in [0.4, 0.5) is 0 Å². The summed E-state index contributed by atoms with van der Waals surface area (Å²) in [5.74, 6) is 0. The number of benzene rings is 2. The molecular formula is C15H12ClNS. The highest BCUT2D eigenvalue weighted by Gasteiger charge is 2.05. The maximum Gasteiger partial charge on any atom is 0.100 e. The Bertz CT molecular complexity index is 584. The molecule has 2 rings (SSSR count). The Morgan fingerprint density at radius 2 is 1.89 bits per heavy atom. The lowest BCUT2D eigenvalue weighted by Gasteiger charge is -2.05. The van der Waals surface area contributed by atoms with Crippen LogP contribution in [0.3, 0.4) is 0 Å². The predicted molar refractivity (Wildman–Crippen MR) is 76.1 cm³/mol. The lowest BCUT2D eigenvalue weighted by atomic mass is 10.2. The highest BCUT2D eigenvalue weighted by atomic mass is 35.5. The van der Waals surface area contributed by atoms with Gasteiger partial charge in [-0.2, -0.15) is 5.26 Å². The second-order valence-corrected chi connectivity index (χ2v) is 5.40. The molecule has 2 aromatic carbocycles. The molecule has 0 N–H and O–H groups in total. The first-order chi connectivity index (χ1) is 8.72. The minimum Gasteiger partial charge on any atom is -0.192 e. The van der Waals surface area contributed by atoms with Gasteiger partial charge in [0.2, 0.25) is 0 Å². The molecule has 2 aromatic rings. The minimum atomic E-state index is 0.595. The summed E-state index contributed by atoms with van der Waals surface area (Å²) in [7, 11) is 0. The third-order valence-electron chi connectivity index (χ3n) is 2.62. The summed E-state index contributed by atoms with van der Waals surface area (Å²) in [6, 6.07) is 16.0. The molecule has 0 unspecified atom stereocenters. The highest BCUT2D eigenvalue weighted by Crippen LogP contribution is 2.31. The van der Waals surface area contributed by atoms with Crippen molar-refractivity contribution in [1.29, 1.82) is 5.26 Å². The van der Waals surface area contributed by atoms with Gasteiger partial charge >= 0.3 is 0 Å². The molecule has 0 aromatic heterocycles. The molecule has 0 atom stereocenters. The summed E-state index contributed by atoms with van der Waals surface area (Å²) < 4.78 is 0. The number of nitrogens with zero attached hydrogens (tertiary/aromatic N) is 1. The zero-order valence-corrected chi connectivity index (χ0v) is 11.6. The van der Waals surface area contributed by atoms with Gasteiger partial charge in [0.25, 0.3) is 0 Å². The zero-order valence-electron chi connectivity index (χ0n) is 9.98. The fourth-order valence-corrected chi connectivity index (χ4v) is 2.65. The number of rotatable bonds is 3. The topological polar surface area (TPSA) is 23.8 Å². The van der Waals surface area contributed by atoms with Crippen molar-refractivity contribution in [2.45, 2.75) is 23.1 Å². The maximum absolute atomic E-state index is 9.08. The van der Waals surface area contributed by atoms with E-state index < -0.39 is 0 Å². The molecule has 0 radical (unpaired) electrons. The first-order valence-electron chi connectivity index (χ1n) is 5.69. The molecule has 0 aliphatic rings. The summed E-state index contributed by atoms with van der Waals surface area (Å²) in [6.45, 7) is 2.13. The van der Waals surface area contributed by atoms with Crippen LogP contribution in [0, 0.1) is 11.3 Å². The molecule has 0 fully saturated rings. The molecule has 0 spiro atoms. The maximum atomic E-state index is 9.08. The van der Waals surface area contributed by atoms with Gasteiger partial charge in [-0.25, -0.2) is 0 Å². The predicted octanol–water partition coefficient (Wildman–Crippen LogP) is 4.93. The van der Waals surface area contributed by atoms with Crippen LogP contribution in [0.5, 0.6) is 0 Å². The quantitative estimate of drug-likeness (QED) is 0.792. The Kier molecular flexibility index (Phi) is 4.30. The lowest BCUT2D eigenvalue weighted by molar-refractivity contribution is 1.13. The van der Waals surface area contributed by atoms with Crippen molar-refractivity contribution in [2.75, 3.05) is 0 Å². The molecule has 1 nitrogen and oxygen atoms in total. The van der Waals surface area contributed by atoms with Gasteiger partial charge in [0, 0.05) is 14.8 Å². The Labute approximate surface area is 116 Å². The third kappa shape index (κ3) is 3.07. The van der Waals surface area contributed by atoms with Crippen LogP contribution in [0.2, 0.25) is 5.02 Å². The molecule has 0 amide bonds. The molecule has 3 heteroatoms. The van der Waals surface area contributed by atoms with Crippen molar-refractivity contribution in [3.8, 4) is 6.07 Å². The molecule has 0 saturated carbocycles. The number of halogens is 1. The van der Waals surface area contributed by atoms with Gasteiger partial charge in [-0.05, 0) is 42.3 Å². The van der Waals surface area contributed by atoms with Crippen LogP contribution in [-0.2, 0) is 6.42 Å². The monoisotopic (exact) mass is 273 g/mol. The van der Waals surface area contributed by atoms with Crippen LogP contribution < -0.4 is 0 Å². The minimum absolute atomic E-state index is 0.595. The first-order valence-corrected chi connectivity index (χ1v) is 6.89. The van der Waals surface area contributed by atoms with Crippen LogP contribution in [0.1, 0.15) is 18.1 Å². The van der Waals surface area contributed by atoms with E-state index in [1.807, 2.05) is 12.1 Å². The van der Waals surface area contributed by atoms with Crippen LogP contribution in [0.15, 0.2) is 52.3 Å². The Morgan fingerprint density at radius 1 is 1.17 bits per heavy atom. The summed E-state index contributed by atoms with van der Waals surface area (Å²) in [4.78, 5) is 2.07. The van der Waals surface area contributed by atoms with Crippen molar-refractivity contribution >= 4 is 23.4 Å². The Morgan fingerprint density at radius 3 is 2.50 bits per heavy atom. The van der Waals surface area contributed by atoms with E-state index in [1.165, 1.54) is 5.56 Å². The average molecular weight is 274 g/mol. The molecular weight excluding hydrogens is 262 g/mol. The molecule has 0 saturated heterocycles. The van der Waals surface area contributed by atoms with E-state index in [2.05, 4.69) is 37.3 Å². The van der Waals surface area contributed by atoms with Gasteiger partial charge in [0.1, 0.15) is 6.07 Å². The van der Waals surface area contributed by atoms with E-state index in [4.69, 9.17) is 16.9 Å². The first kappa shape index (κ1) is 13.0. The second kappa shape index (κ2) is 5.95. The molecule has 0 bridgehead atoms. The van der Waals surface area contributed by atoms with E-state index >= 15 is 0 Å². The van der Waals surface area contributed by atoms with Crippen molar-refractivity contribution in [1.82, 2.24) is 0 Å². The second-order valence-electron chi connectivity index (χ2n) is 3.85. The fourth-order valence-electron chi connectivity index (χ4n) is 1.60. The van der Waals surface area contributed by atoms with E-state index in [9.17, 15) is 0 Å². The van der Waals surface area contributed by atoms with Gasteiger partial charge in [0.15, 0.2) is 0 Å². The summed E-state index contributed by atoms with van der Waals surface area (Å²) in [6.07, 6.45) is 1.04. The van der Waals surface area contributed by atoms with Crippen molar-refractivity contribution in [3.05, 3.63) is 58.6 Å². The fraction of sp³-hybridized carbons (Fsp3) is 0.133. The van der Waals surface area contributed by atoms with E-state index in [-0.39, 0.29) is 0 Å². The summed E-state index contributed by atoms with van der Waals surface area (Å²) >= 11 is 7.46. The molecule has 90 valence electrons. The van der Waals surface area contributed by atoms with Gasteiger partial charge in [0.05, 0.1) is 5.56 Å². The van der Waals surface area contributed by atoms with E-state index in [1.54, 1.807) is 17.8 Å². The van der Waals surface area contributed by atoms with E-state index in [0.717, 1.165) is 16.2 Å². The Hall–Kier alpha value is -1.43. The van der Waals surface area contributed by atoms with Gasteiger partial charge in [-0.1, -0.05) is 42.4 Å². The molecule has 0 aliphatic carbocycles. The van der Waals surface area contributed by atoms with Gasteiger partial charge in [-0.3, -0.25) is 0 Å². The SMILES string of the molecule is CCc1ccc(Sc2ccc(Cl)cc2C#N)cc1. The molecule has 0 aliphatic heterocycles. The zero-order chi connectivity index (χ0) is 13.0. The van der Waals surface area contributed by atoms with Crippen molar-refractivity contribution < 1.29 is 0 Å². The third-order valence-corrected chi connectivity index (χ3v) is 3.94. The van der Waals surface area contributed by atoms with Crippen LogP contribution >= 0.6 is 23.4 Å². The number of nitriles is 1. The normalized spacial score (nSPS) is 10.1. The number of hydrogen-bond donors (Lipinski definition) is 0. The largest absolute Gasteiger partial charge is 0.192 e. The summed E-state index contributed by atoms with van der Waals surface area (Å²) in [5, 5.41) is 9.68. The highest BCUT2D eigenvalue weighted by molar-refractivity contribution is 7.99. The standard InChI is InChI=1S/C15H12ClNS/c1-2-11-3-6-14(7-4-11)18-15-8-5-13(16)9-12(15)10-17/h3-9H,2H2,1H3.